The van der Waals surface area contributed by atoms with Crippen molar-refractivity contribution in [3.05, 3.63) is 54.0 Å². The Morgan fingerprint density at radius 2 is 2.18 bits per heavy atom. The Bertz CT molecular complexity index is 630. The van der Waals surface area contributed by atoms with E-state index in [4.69, 9.17) is 4.74 Å². The highest BCUT2D eigenvalue weighted by molar-refractivity contribution is 7.99. The molecule has 3 rings (SSSR count). The van der Waals surface area contributed by atoms with E-state index >= 15 is 0 Å². The van der Waals surface area contributed by atoms with Crippen molar-refractivity contribution >= 4 is 17.7 Å². The molecule has 3 heterocycles. The summed E-state index contributed by atoms with van der Waals surface area (Å²) in [6.45, 7) is 0.471. The highest BCUT2D eigenvalue weighted by atomic mass is 32.2. The van der Waals surface area contributed by atoms with Crippen LogP contribution in [-0.2, 0) is 6.54 Å². The molecule has 0 spiro atoms. The lowest BCUT2D eigenvalue weighted by Crippen LogP contribution is -2.23. The van der Waals surface area contributed by atoms with Gasteiger partial charge in [0.25, 0.3) is 5.91 Å². The van der Waals surface area contributed by atoms with Gasteiger partial charge in [0.15, 0.2) is 0 Å². The minimum Gasteiger partial charge on any atom is -0.473 e. The summed E-state index contributed by atoms with van der Waals surface area (Å²) in [6.07, 6.45) is 6.26. The fraction of sp³-hybridized carbons (Fsp3) is 0.312. The number of amides is 1. The second kappa shape index (κ2) is 7.26. The zero-order chi connectivity index (χ0) is 15.2. The molecule has 0 bridgehead atoms. The second-order valence-electron chi connectivity index (χ2n) is 5.02. The minimum atomic E-state index is -0.134. The molecule has 2 aromatic rings. The summed E-state index contributed by atoms with van der Waals surface area (Å²) in [5.74, 6) is 2.49. The van der Waals surface area contributed by atoms with Crippen molar-refractivity contribution in [2.45, 2.75) is 19.1 Å². The first-order valence-corrected chi connectivity index (χ1v) is 8.34. The largest absolute Gasteiger partial charge is 0.473 e. The molecule has 114 valence electrons. The first kappa shape index (κ1) is 14.8. The number of aromatic nitrogens is 2. The van der Waals surface area contributed by atoms with Gasteiger partial charge in [0.05, 0.1) is 0 Å². The van der Waals surface area contributed by atoms with Crippen molar-refractivity contribution in [1.29, 1.82) is 0 Å². The number of nitrogens with zero attached hydrogens (tertiary/aromatic N) is 2. The van der Waals surface area contributed by atoms with Gasteiger partial charge in [-0.2, -0.15) is 11.8 Å². The van der Waals surface area contributed by atoms with Crippen LogP contribution in [0, 0.1) is 0 Å². The van der Waals surface area contributed by atoms with Gasteiger partial charge in [0.2, 0.25) is 5.88 Å². The third-order valence-electron chi connectivity index (χ3n) is 3.37. The number of carbonyl (C=O) groups is 1. The average molecular weight is 315 g/mol. The van der Waals surface area contributed by atoms with Gasteiger partial charge in [-0.05, 0) is 35.9 Å². The number of thioether (sulfide) groups is 1. The van der Waals surface area contributed by atoms with Gasteiger partial charge >= 0.3 is 0 Å². The van der Waals surface area contributed by atoms with Gasteiger partial charge in [-0.3, -0.25) is 9.78 Å². The predicted molar refractivity (Wildman–Crippen MR) is 86.0 cm³/mol. The number of hydrogen-bond donors (Lipinski definition) is 1. The van der Waals surface area contributed by atoms with Crippen molar-refractivity contribution in [1.82, 2.24) is 15.3 Å². The highest BCUT2D eigenvalue weighted by Crippen LogP contribution is 2.22. The van der Waals surface area contributed by atoms with Crippen LogP contribution in [0.25, 0.3) is 0 Å². The van der Waals surface area contributed by atoms with E-state index < -0.39 is 0 Å². The lowest BCUT2D eigenvalue weighted by Gasteiger charge is -2.12. The van der Waals surface area contributed by atoms with E-state index in [9.17, 15) is 4.79 Å². The van der Waals surface area contributed by atoms with Gasteiger partial charge < -0.3 is 10.1 Å². The Morgan fingerprint density at radius 3 is 2.95 bits per heavy atom. The Morgan fingerprint density at radius 1 is 1.32 bits per heavy atom. The molecule has 0 radical (unpaired) electrons. The molecule has 1 saturated heterocycles. The zero-order valence-corrected chi connectivity index (χ0v) is 12.9. The van der Waals surface area contributed by atoms with E-state index in [0.29, 0.717) is 18.0 Å². The molecule has 6 heteroatoms. The number of pyridine rings is 2. The van der Waals surface area contributed by atoms with Crippen molar-refractivity contribution in [3.63, 3.8) is 0 Å². The van der Waals surface area contributed by atoms with E-state index in [0.717, 1.165) is 23.5 Å². The van der Waals surface area contributed by atoms with E-state index in [-0.39, 0.29) is 12.0 Å². The van der Waals surface area contributed by atoms with Crippen LogP contribution in [0.3, 0.4) is 0 Å². The van der Waals surface area contributed by atoms with Crippen molar-refractivity contribution < 1.29 is 9.53 Å². The molecule has 0 aromatic carbocycles. The van der Waals surface area contributed by atoms with Crippen LogP contribution in [0.5, 0.6) is 5.88 Å². The van der Waals surface area contributed by atoms with E-state index in [1.54, 1.807) is 30.7 Å². The third-order valence-corrected chi connectivity index (χ3v) is 4.51. The van der Waals surface area contributed by atoms with Gasteiger partial charge in [-0.15, -0.1) is 0 Å². The Hall–Kier alpha value is -2.08. The third kappa shape index (κ3) is 3.98. The standard InChI is InChI=1S/C16H17N3O2S/c20-16(19-10-12-1-5-17-6-2-12)13-3-7-18-15(9-13)21-14-4-8-22-11-14/h1-3,5-7,9,14H,4,8,10-11H2,(H,19,20). The highest BCUT2D eigenvalue weighted by Gasteiger charge is 2.18. The quantitative estimate of drug-likeness (QED) is 0.917. The molecular weight excluding hydrogens is 298 g/mol. The van der Waals surface area contributed by atoms with Crippen LogP contribution in [0.4, 0.5) is 0 Å². The Kier molecular flexibility index (Phi) is 4.90. The first-order chi connectivity index (χ1) is 10.8. The molecule has 5 nitrogen and oxygen atoms in total. The average Bonchev–Trinajstić information content (AvgIpc) is 3.07. The number of hydrogen-bond acceptors (Lipinski definition) is 5. The number of rotatable bonds is 5. The van der Waals surface area contributed by atoms with Crippen LogP contribution in [0.15, 0.2) is 42.9 Å². The molecule has 0 saturated carbocycles. The smallest absolute Gasteiger partial charge is 0.251 e. The molecule has 1 unspecified atom stereocenters. The lowest BCUT2D eigenvalue weighted by molar-refractivity contribution is 0.0950. The van der Waals surface area contributed by atoms with Crippen molar-refractivity contribution in [3.8, 4) is 5.88 Å². The summed E-state index contributed by atoms with van der Waals surface area (Å²) in [7, 11) is 0. The summed E-state index contributed by atoms with van der Waals surface area (Å²) in [6, 6.07) is 7.14. The normalized spacial score (nSPS) is 17.2. The zero-order valence-electron chi connectivity index (χ0n) is 12.1. The summed E-state index contributed by atoms with van der Waals surface area (Å²) in [4.78, 5) is 20.3. The van der Waals surface area contributed by atoms with Crippen LogP contribution < -0.4 is 10.1 Å². The predicted octanol–water partition coefficient (Wildman–Crippen LogP) is 2.29. The molecule has 1 fully saturated rings. The summed E-state index contributed by atoms with van der Waals surface area (Å²) >= 11 is 1.88. The summed E-state index contributed by atoms with van der Waals surface area (Å²) in [5.41, 5.74) is 1.57. The Labute approximate surface area is 133 Å². The fourth-order valence-electron chi connectivity index (χ4n) is 2.18. The summed E-state index contributed by atoms with van der Waals surface area (Å²) < 4.78 is 5.81. The molecule has 1 aliphatic rings. The van der Waals surface area contributed by atoms with Gasteiger partial charge in [-0.1, -0.05) is 0 Å². The monoisotopic (exact) mass is 315 g/mol. The van der Waals surface area contributed by atoms with Crippen LogP contribution in [0.2, 0.25) is 0 Å². The molecule has 1 N–H and O–H groups in total. The number of carbonyl (C=O) groups excluding carboxylic acids is 1. The molecule has 1 atom stereocenters. The topological polar surface area (TPSA) is 64.1 Å². The minimum absolute atomic E-state index is 0.134. The maximum Gasteiger partial charge on any atom is 0.251 e. The van der Waals surface area contributed by atoms with E-state index in [1.807, 2.05) is 23.9 Å². The van der Waals surface area contributed by atoms with Gasteiger partial charge in [-0.25, -0.2) is 4.98 Å². The maximum absolute atomic E-state index is 12.2. The van der Waals surface area contributed by atoms with Crippen LogP contribution in [0.1, 0.15) is 22.3 Å². The van der Waals surface area contributed by atoms with Crippen LogP contribution >= 0.6 is 11.8 Å². The SMILES string of the molecule is O=C(NCc1ccncc1)c1ccnc(OC2CCSC2)c1. The molecule has 1 aliphatic heterocycles. The van der Waals surface area contributed by atoms with Gasteiger partial charge in [0, 0.05) is 42.5 Å². The Balaban J connectivity index is 1.59. The van der Waals surface area contributed by atoms with Crippen LogP contribution in [-0.4, -0.2) is 33.5 Å². The summed E-state index contributed by atoms with van der Waals surface area (Å²) in [5, 5.41) is 2.88. The lowest BCUT2D eigenvalue weighted by atomic mass is 10.2. The van der Waals surface area contributed by atoms with Crippen molar-refractivity contribution in [2.75, 3.05) is 11.5 Å². The van der Waals surface area contributed by atoms with Gasteiger partial charge in [0.1, 0.15) is 6.10 Å². The fourth-order valence-corrected chi connectivity index (χ4v) is 3.27. The van der Waals surface area contributed by atoms with E-state index in [1.165, 1.54) is 0 Å². The van der Waals surface area contributed by atoms with Crippen molar-refractivity contribution in [2.24, 2.45) is 0 Å². The molecule has 22 heavy (non-hydrogen) atoms. The molecule has 2 aromatic heterocycles. The molecule has 1 amide bonds. The second-order valence-corrected chi connectivity index (χ2v) is 6.17. The van der Waals surface area contributed by atoms with E-state index in [2.05, 4.69) is 15.3 Å². The number of ether oxygens (including phenoxy) is 1. The molecule has 0 aliphatic carbocycles. The first-order valence-electron chi connectivity index (χ1n) is 7.19. The number of nitrogens with one attached hydrogen (secondary N) is 1. The maximum atomic E-state index is 12.2. The molecular formula is C16H17N3O2S.